The van der Waals surface area contributed by atoms with Gasteiger partial charge in [0.05, 0.1) is 20.3 Å². The van der Waals surface area contributed by atoms with Gasteiger partial charge in [-0.05, 0) is 66.3 Å². The van der Waals surface area contributed by atoms with Gasteiger partial charge in [0.1, 0.15) is 11.5 Å². The summed E-state index contributed by atoms with van der Waals surface area (Å²) in [5, 5.41) is 0. The molecule has 0 aromatic heterocycles. The van der Waals surface area contributed by atoms with Crippen molar-refractivity contribution in [1.82, 2.24) is 0 Å². The molecule has 0 unspecified atom stereocenters. The van der Waals surface area contributed by atoms with E-state index in [0.717, 1.165) is 35.6 Å². The average molecular weight is 402 g/mol. The quantitative estimate of drug-likeness (QED) is 0.530. The highest BCUT2D eigenvalue weighted by atomic mass is 16.5. The highest BCUT2D eigenvalue weighted by Crippen LogP contribution is 2.44. The standard InChI is InChI=1S/C26H27NO3/c1-29-23-14-10-20(11-15-23)26-21(9-8-19-6-4-3-5-7-19)18-25(28)27(26)22-12-16-24(30-2)17-13-22/h3-7,10-17,21,26H,8-9,18H2,1-2H3/t21-,26-/m1/s1. The Morgan fingerprint density at radius 2 is 1.43 bits per heavy atom. The van der Waals surface area contributed by atoms with E-state index in [2.05, 4.69) is 36.4 Å². The SMILES string of the molecule is COc1ccc([C@@H]2[C@H](CCc3ccccc3)CC(=O)N2c2ccc(OC)cc2)cc1. The number of carbonyl (C=O) groups excluding carboxylic acids is 1. The molecule has 1 aliphatic heterocycles. The van der Waals surface area contributed by atoms with E-state index in [0.29, 0.717) is 6.42 Å². The van der Waals surface area contributed by atoms with Crippen molar-refractivity contribution in [1.29, 1.82) is 0 Å². The number of benzene rings is 3. The van der Waals surface area contributed by atoms with Crippen LogP contribution in [0.15, 0.2) is 78.9 Å². The fourth-order valence-corrected chi connectivity index (χ4v) is 4.33. The van der Waals surface area contributed by atoms with Crippen LogP contribution >= 0.6 is 0 Å². The summed E-state index contributed by atoms with van der Waals surface area (Å²) < 4.78 is 10.6. The van der Waals surface area contributed by atoms with Gasteiger partial charge >= 0.3 is 0 Å². The van der Waals surface area contributed by atoms with Gasteiger partial charge in [-0.3, -0.25) is 4.79 Å². The summed E-state index contributed by atoms with van der Waals surface area (Å²) >= 11 is 0. The number of hydrogen-bond acceptors (Lipinski definition) is 3. The summed E-state index contributed by atoms with van der Waals surface area (Å²) in [6.07, 6.45) is 2.47. The van der Waals surface area contributed by atoms with E-state index in [1.165, 1.54) is 5.56 Å². The summed E-state index contributed by atoms with van der Waals surface area (Å²) in [5.41, 5.74) is 3.35. The lowest BCUT2D eigenvalue weighted by Gasteiger charge is -2.29. The minimum atomic E-state index is 0.000475. The molecule has 154 valence electrons. The molecule has 30 heavy (non-hydrogen) atoms. The molecule has 2 atom stereocenters. The van der Waals surface area contributed by atoms with Gasteiger partial charge in [0.2, 0.25) is 5.91 Å². The van der Waals surface area contributed by atoms with Gasteiger partial charge in [-0.15, -0.1) is 0 Å². The molecule has 1 saturated heterocycles. The van der Waals surface area contributed by atoms with E-state index in [9.17, 15) is 4.79 Å². The summed E-state index contributed by atoms with van der Waals surface area (Å²) in [4.78, 5) is 15.1. The molecule has 0 bridgehead atoms. The molecule has 4 heteroatoms. The molecule has 4 nitrogen and oxygen atoms in total. The normalized spacial score (nSPS) is 18.5. The predicted octanol–water partition coefficient (Wildman–Crippen LogP) is 5.43. The minimum Gasteiger partial charge on any atom is -0.497 e. The smallest absolute Gasteiger partial charge is 0.227 e. The van der Waals surface area contributed by atoms with E-state index in [-0.39, 0.29) is 17.9 Å². The Balaban J connectivity index is 1.65. The third-order valence-corrected chi connectivity index (χ3v) is 5.88. The summed E-state index contributed by atoms with van der Waals surface area (Å²) in [7, 11) is 3.32. The van der Waals surface area contributed by atoms with E-state index < -0.39 is 0 Å². The van der Waals surface area contributed by atoms with Gasteiger partial charge in [-0.25, -0.2) is 0 Å². The topological polar surface area (TPSA) is 38.8 Å². The molecule has 0 saturated carbocycles. The number of methoxy groups -OCH3 is 2. The molecule has 0 spiro atoms. The summed E-state index contributed by atoms with van der Waals surface area (Å²) in [5.74, 6) is 2.01. The summed E-state index contributed by atoms with van der Waals surface area (Å²) in [6.45, 7) is 0. The zero-order chi connectivity index (χ0) is 20.9. The number of anilines is 1. The van der Waals surface area contributed by atoms with Crippen LogP contribution in [0.5, 0.6) is 11.5 Å². The monoisotopic (exact) mass is 401 g/mol. The second kappa shape index (κ2) is 9.04. The van der Waals surface area contributed by atoms with E-state index in [1.807, 2.05) is 47.4 Å². The van der Waals surface area contributed by atoms with Crippen LogP contribution in [0.25, 0.3) is 0 Å². The molecule has 3 aromatic carbocycles. The number of hydrogen-bond donors (Lipinski definition) is 0. The lowest BCUT2D eigenvalue weighted by Crippen LogP contribution is -2.28. The number of aryl methyl sites for hydroxylation is 1. The lowest BCUT2D eigenvalue weighted by molar-refractivity contribution is -0.117. The van der Waals surface area contributed by atoms with Crippen molar-refractivity contribution < 1.29 is 14.3 Å². The number of carbonyl (C=O) groups is 1. The number of amides is 1. The largest absolute Gasteiger partial charge is 0.497 e. The fraction of sp³-hybridized carbons (Fsp3) is 0.269. The van der Waals surface area contributed by atoms with Crippen LogP contribution in [-0.2, 0) is 11.2 Å². The number of rotatable bonds is 7. The van der Waals surface area contributed by atoms with Crippen molar-refractivity contribution in [3.63, 3.8) is 0 Å². The maximum Gasteiger partial charge on any atom is 0.227 e. The second-order valence-corrected chi connectivity index (χ2v) is 7.67. The average Bonchev–Trinajstić information content (AvgIpc) is 3.14. The first kappa shape index (κ1) is 20.0. The van der Waals surface area contributed by atoms with Crippen LogP contribution < -0.4 is 14.4 Å². The molecular formula is C26H27NO3. The summed E-state index contributed by atoms with van der Waals surface area (Å²) in [6, 6.07) is 26.3. The molecule has 1 heterocycles. The highest BCUT2D eigenvalue weighted by Gasteiger charge is 2.41. The van der Waals surface area contributed by atoms with Gasteiger partial charge < -0.3 is 14.4 Å². The Labute approximate surface area is 178 Å². The molecule has 0 N–H and O–H groups in total. The third-order valence-electron chi connectivity index (χ3n) is 5.88. The first-order chi connectivity index (χ1) is 14.7. The molecule has 4 rings (SSSR count). The maximum absolute atomic E-state index is 13.1. The fourth-order valence-electron chi connectivity index (χ4n) is 4.33. The van der Waals surface area contributed by atoms with Crippen LogP contribution in [0, 0.1) is 5.92 Å². The number of nitrogens with zero attached hydrogens (tertiary/aromatic N) is 1. The first-order valence-corrected chi connectivity index (χ1v) is 10.3. The first-order valence-electron chi connectivity index (χ1n) is 10.3. The molecule has 1 fully saturated rings. The van der Waals surface area contributed by atoms with Gasteiger partial charge in [0.15, 0.2) is 0 Å². The molecule has 0 aliphatic carbocycles. The minimum absolute atomic E-state index is 0.000475. The Morgan fingerprint density at radius 1 is 0.833 bits per heavy atom. The van der Waals surface area contributed by atoms with Crippen LogP contribution in [-0.4, -0.2) is 20.1 Å². The zero-order valence-electron chi connectivity index (χ0n) is 17.5. The van der Waals surface area contributed by atoms with Crippen molar-refractivity contribution in [3.05, 3.63) is 90.0 Å². The second-order valence-electron chi connectivity index (χ2n) is 7.67. The van der Waals surface area contributed by atoms with Crippen LogP contribution in [0.3, 0.4) is 0 Å². The van der Waals surface area contributed by atoms with Crippen molar-refractivity contribution in [2.45, 2.75) is 25.3 Å². The van der Waals surface area contributed by atoms with E-state index >= 15 is 0 Å². The van der Waals surface area contributed by atoms with Gasteiger partial charge in [-0.2, -0.15) is 0 Å². The van der Waals surface area contributed by atoms with E-state index in [1.54, 1.807) is 14.2 Å². The molecule has 0 radical (unpaired) electrons. The van der Waals surface area contributed by atoms with Gasteiger partial charge in [0.25, 0.3) is 0 Å². The Kier molecular flexibility index (Phi) is 6.03. The van der Waals surface area contributed by atoms with Crippen molar-refractivity contribution in [3.8, 4) is 11.5 Å². The number of ether oxygens (including phenoxy) is 2. The Hall–Kier alpha value is -3.27. The van der Waals surface area contributed by atoms with Crippen LogP contribution in [0.2, 0.25) is 0 Å². The Bertz CT molecular complexity index is 967. The van der Waals surface area contributed by atoms with Crippen molar-refractivity contribution in [2.75, 3.05) is 19.1 Å². The van der Waals surface area contributed by atoms with Crippen LogP contribution in [0.4, 0.5) is 5.69 Å². The Morgan fingerprint density at radius 3 is 2.03 bits per heavy atom. The van der Waals surface area contributed by atoms with Crippen molar-refractivity contribution >= 4 is 11.6 Å². The lowest BCUT2D eigenvalue weighted by atomic mass is 9.88. The predicted molar refractivity (Wildman–Crippen MR) is 119 cm³/mol. The zero-order valence-corrected chi connectivity index (χ0v) is 17.5. The molecular weight excluding hydrogens is 374 g/mol. The highest BCUT2D eigenvalue weighted by molar-refractivity contribution is 5.97. The van der Waals surface area contributed by atoms with Gasteiger partial charge in [-0.1, -0.05) is 42.5 Å². The van der Waals surface area contributed by atoms with E-state index in [4.69, 9.17) is 9.47 Å². The third kappa shape index (κ3) is 4.18. The van der Waals surface area contributed by atoms with Crippen molar-refractivity contribution in [2.24, 2.45) is 5.92 Å². The molecule has 1 amide bonds. The maximum atomic E-state index is 13.1. The van der Waals surface area contributed by atoms with Gasteiger partial charge in [0, 0.05) is 12.1 Å². The molecule has 1 aliphatic rings. The molecule has 3 aromatic rings. The van der Waals surface area contributed by atoms with Crippen LogP contribution in [0.1, 0.15) is 30.0 Å².